The normalized spacial score (nSPS) is 13.0. The minimum absolute atomic E-state index is 0.0170. The Kier molecular flexibility index (Phi) is 5.07. The molecular formula is C18H22BrNO. The minimum Gasteiger partial charge on any atom is -0.497 e. The topological polar surface area (TPSA) is 35.2 Å². The third kappa shape index (κ3) is 3.66. The lowest BCUT2D eigenvalue weighted by molar-refractivity contribution is 0.401. The Morgan fingerprint density at radius 3 is 2.43 bits per heavy atom. The van der Waals surface area contributed by atoms with Gasteiger partial charge in [0.25, 0.3) is 0 Å². The van der Waals surface area contributed by atoms with Gasteiger partial charge in [0.05, 0.1) is 7.11 Å². The van der Waals surface area contributed by atoms with E-state index in [-0.39, 0.29) is 11.5 Å². The van der Waals surface area contributed by atoms with Crippen LogP contribution in [0.25, 0.3) is 0 Å². The first-order chi connectivity index (χ1) is 9.95. The second-order valence-corrected chi connectivity index (χ2v) is 6.71. The fraction of sp³-hybridized carbons (Fsp3) is 0.333. The first-order valence-corrected chi connectivity index (χ1v) is 7.88. The van der Waals surface area contributed by atoms with Gasteiger partial charge in [-0.05, 0) is 35.7 Å². The zero-order valence-corrected chi connectivity index (χ0v) is 14.4. The van der Waals surface area contributed by atoms with Crippen molar-refractivity contribution in [2.45, 2.75) is 31.7 Å². The van der Waals surface area contributed by atoms with Crippen LogP contribution in [0.1, 0.15) is 25.0 Å². The highest BCUT2D eigenvalue weighted by molar-refractivity contribution is 9.10. The maximum atomic E-state index is 6.51. The van der Waals surface area contributed by atoms with Gasteiger partial charge in [0.1, 0.15) is 5.75 Å². The number of methoxy groups -OCH3 is 1. The molecule has 3 heteroatoms. The molecule has 2 N–H and O–H groups in total. The Morgan fingerprint density at radius 1 is 1.14 bits per heavy atom. The molecule has 2 nitrogen and oxygen atoms in total. The number of hydrogen-bond acceptors (Lipinski definition) is 2. The van der Waals surface area contributed by atoms with Gasteiger partial charge in [-0.25, -0.2) is 0 Å². The molecule has 112 valence electrons. The Balaban J connectivity index is 2.23. The molecule has 0 saturated carbocycles. The molecule has 0 radical (unpaired) electrons. The SMILES string of the molecule is COc1ccc(Br)c(CC(N)C(C)(C)c2ccccc2)c1. The molecule has 0 aliphatic carbocycles. The summed E-state index contributed by atoms with van der Waals surface area (Å²) in [5.74, 6) is 0.859. The summed E-state index contributed by atoms with van der Waals surface area (Å²) in [6, 6.07) is 16.5. The summed E-state index contributed by atoms with van der Waals surface area (Å²) >= 11 is 3.60. The van der Waals surface area contributed by atoms with E-state index in [1.807, 2.05) is 24.3 Å². The van der Waals surface area contributed by atoms with Crippen LogP contribution in [-0.2, 0) is 11.8 Å². The molecule has 21 heavy (non-hydrogen) atoms. The van der Waals surface area contributed by atoms with Crippen molar-refractivity contribution in [2.75, 3.05) is 7.11 Å². The van der Waals surface area contributed by atoms with E-state index in [4.69, 9.17) is 10.5 Å². The summed E-state index contributed by atoms with van der Waals surface area (Å²) in [6.45, 7) is 4.39. The molecule has 0 amide bonds. The van der Waals surface area contributed by atoms with Crippen molar-refractivity contribution in [3.63, 3.8) is 0 Å². The lowest BCUT2D eigenvalue weighted by Crippen LogP contribution is -2.42. The van der Waals surface area contributed by atoms with Crippen molar-refractivity contribution < 1.29 is 4.74 Å². The standard InChI is InChI=1S/C18H22BrNO/c1-18(2,14-7-5-4-6-8-14)17(20)12-13-11-15(21-3)9-10-16(13)19/h4-11,17H,12,20H2,1-3H3. The van der Waals surface area contributed by atoms with Crippen molar-refractivity contribution in [1.82, 2.24) is 0 Å². The number of nitrogens with two attached hydrogens (primary N) is 1. The first kappa shape index (κ1) is 16.1. The van der Waals surface area contributed by atoms with Crippen molar-refractivity contribution in [2.24, 2.45) is 5.73 Å². The number of rotatable bonds is 5. The van der Waals surface area contributed by atoms with Crippen molar-refractivity contribution in [1.29, 1.82) is 0 Å². The minimum atomic E-state index is -0.0935. The number of ether oxygens (including phenoxy) is 1. The molecule has 1 atom stereocenters. The summed E-state index contributed by atoms with van der Waals surface area (Å²) in [7, 11) is 1.68. The van der Waals surface area contributed by atoms with E-state index in [0.717, 1.165) is 16.6 Å². The van der Waals surface area contributed by atoms with Crippen LogP contribution in [-0.4, -0.2) is 13.2 Å². The summed E-state index contributed by atoms with van der Waals surface area (Å²) < 4.78 is 6.37. The monoisotopic (exact) mass is 347 g/mol. The van der Waals surface area contributed by atoms with Crippen LogP contribution in [0.15, 0.2) is 53.0 Å². The molecule has 0 fully saturated rings. The summed E-state index contributed by atoms with van der Waals surface area (Å²) in [5.41, 5.74) is 8.85. The summed E-state index contributed by atoms with van der Waals surface area (Å²) in [6.07, 6.45) is 0.791. The quantitative estimate of drug-likeness (QED) is 0.874. The Labute approximate surface area is 135 Å². The molecule has 2 aromatic rings. The van der Waals surface area contributed by atoms with Crippen LogP contribution in [0.3, 0.4) is 0 Å². The van der Waals surface area contributed by atoms with Crippen LogP contribution < -0.4 is 10.5 Å². The maximum absolute atomic E-state index is 6.51. The van der Waals surface area contributed by atoms with Gasteiger partial charge in [-0.1, -0.05) is 60.1 Å². The van der Waals surface area contributed by atoms with Gasteiger partial charge in [0.15, 0.2) is 0 Å². The first-order valence-electron chi connectivity index (χ1n) is 7.08. The lowest BCUT2D eigenvalue weighted by Gasteiger charge is -2.32. The van der Waals surface area contributed by atoms with E-state index >= 15 is 0 Å². The lowest BCUT2D eigenvalue weighted by atomic mass is 9.76. The molecular weight excluding hydrogens is 326 g/mol. The van der Waals surface area contributed by atoms with Crippen LogP contribution in [0.4, 0.5) is 0 Å². The van der Waals surface area contributed by atoms with Crippen LogP contribution in [0.2, 0.25) is 0 Å². The average molecular weight is 348 g/mol. The van der Waals surface area contributed by atoms with Gasteiger partial charge in [-0.15, -0.1) is 0 Å². The third-order valence-electron chi connectivity index (χ3n) is 4.14. The predicted molar refractivity (Wildman–Crippen MR) is 91.8 cm³/mol. The van der Waals surface area contributed by atoms with Gasteiger partial charge in [0, 0.05) is 15.9 Å². The van der Waals surface area contributed by atoms with Crippen LogP contribution >= 0.6 is 15.9 Å². The number of hydrogen-bond donors (Lipinski definition) is 1. The second-order valence-electron chi connectivity index (χ2n) is 5.86. The molecule has 2 rings (SSSR count). The molecule has 0 bridgehead atoms. The van der Waals surface area contributed by atoms with Gasteiger partial charge < -0.3 is 10.5 Å². The second kappa shape index (κ2) is 6.63. The Hall–Kier alpha value is -1.32. The number of halogens is 1. The van der Waals surface area contributed by atoms with Gasteiger partial charge in [-0.3, -0.25) is 0 Å². The third-order valence-corrected chi connectivity index (χ3v) is 4.91. The molecule has 0 aliphatic heterocycles. The average Bonchev–Trinajstić information content (AvgIpc) is 2.50. The Bertz CT molecular complexity index is 595. The molecule has 2 aromatic carbocycles. The van der Waals surface area contributed by atoms with E-state index < -0.39 is 0 Å². The van der Waals surface area contributed by atoms with Gasteiger partial charge >= 0.3 is 0 Å². The molecule has 0 aliphatic rings. The van der Waals surface area contributed by atoms with E-state index in [1.165, 1.54) is 11.1 Å². The number of benzene rings is 2. The summed E-state index contributed by atoms with van der Waals surface area (Å²) in [4.78, 5) is 0. The van der Waals surface area contributed by atoms with Crippen LogP contribution in [0, 0.1) is 0 Å². The van der Waals surface area contributed by atoms with Crippen molar-refractivity contribution >= 4 is 15.9 Å². The van der Waals surface area contributed by atoms with E-state index in [2.05, 4.69) is 54.0 Å². The highest BCUT2D eigenvalue weighted by atomic mass is 79.9. The van der Waals surface area contributed by atoms with E-state index in [0.29, 0.717) is 0 Å². The molecule has 1 unspecified atom stereocenters. The maximum Gasteiger partial charge on any atom is 0.119 e. The Morgan fingerprint density at radius 2 is 1.81 bits per heavy atom. The van der Waals surface area contributed by atoms with Crippen LogP contribution in [0.5, 0.6) is 5.75 Å². The molecule has 0 aromatic heterocycles. The largest absolute Gasteiger partial charge is 0.497 e. The highest BCUT2D eigenvalue weighted by Crippen LogP contribution is 2.30. The van der Waals surface area contributed by atoms with Gasteiger partial charge in [-0.2, -0.15) is 0 Å². The van der Waals surface area contributed by atoms with Gasteiger partial charge in [0.2, 0.25) is 0 Å². The van der Waals surface area contributed by atoms with E-state index in [9.17, 15) is 0 Å². The zero-order chi connectivity index (χ0) is 15.5. The van der Waals surface area contributed by atoms with E-state index in [1.54, 1.807) is 7.11 Å². The fourth-order valence-electron chi connectivity index (χ4n) is 2.41. The zero-order valence-electron chi connectivity index (χ0n) is 12.8. The van der Waals surface area contributed by atoms with Crippen molar-refractivity contribution in [3.8, 4) is 5.75 Å². The van der Waals surface area contributed by atoms with Crippen molar-refractivity contribution in [3.05, 3.63) is 64.1 Å². The molecule has 0 heterocycles. The summed E-state index contributed by atoms with van der Waals surface area (Å²) in [5, 5.41) is 0. The molecule has 0 saturated heterocycles. The predicted octanol–water partition coefficient (Wildman–Crippen LogP) is 4.31. The fourth-order valence-corrected chi connectivity index (χ4v) is 2.82. The smallest absolute Gasteiger partial charge is 0.119 e. The highest BCUT2D eigenvalue weighted by Gasteiger charge is 2.28. The molecule has 0 spiro atoms.